The van der Waals surface area contributed by atoms with Crippen molar-refractivity contribution in [2.24, 2.45) is 0 Å². The standard InChI is InChI=1S/C27H20N2O3S2/c1-17-7-2-3-8-19(17)15-28-16-20(22-11-4-5-12-23(22)28)14-24-25(30)29(27(33)34-24)21-10-6-9-18(13-21)26(31)32/h2-14,16H,15H2,1H3,(H,31,32). The monoisotopic (exact) mass is 484 g/mol. The van der Waals surface area contributed by atoms with Crippen LogP contribution in [-0.2, 0) is 11.3 Å². The molecule has 5 nitrogen and oxygen atoms in total. The van der Waals surface area contributed by atoms with Gasteiger partial charge in [-0.25, -0.2) is 4.79 Å². The lowest BCUT2D eigenvalue weighted by Gasteiger charge is -2.14. The number of benzene rings is 3. The topological polar surface area (TPSA) is 62.5 Å². The second-order valence-electron chi connectivity index (χ2n) is 8.03. The predicted molar refractivity (Wildman–Crippen MR) is 141 cm³/mol. The molecule has 0 unspecified atom stereocenters. The van der Waals surface area contributed by atoms with Crippen molar-refractivity contribution >= 4 is 62.8 Å². The van der Waals surface area contributed by atoms with E-state index in [1.165, 1.54) is 39.9 Å². The largest absolute Gasteiger partial charge is 0.478 e. The molecule has 0 radical (unpaired) electrons. The molecule has 1 amide bonds. The van der Waals surface area contributed by atoms with Crippen LogP contribution >= 0.6 is 24.0 Å². The number of fused-ring (bicyclic) bond motifs is 1. The smallest absolute Gasteiger partial charge is 0.335 e. The summed E-state index contributed by atoms with van der Waals surface area (Å²) in [5.74, 6) is -1.31. The van der Waals surface area contributed by atoms with Gasteiger partial charge in [0.2, 0.25) is 0 Å². The number of aryl methyl sites for hydroxylation is 1. The Morgan fingerprint density at radius 2 is 1.82 bits per heavy atom. The predicted octanol–water partition coefficient (Wildman–Crippen LogP) is 6.10. The van der Waals surface area contributed by atoms with Crippen LogP contribution in [0.5, 0.6) is 0 Å². The van der Waals surface area contributed by atoms with Gasteiger partial charge in [-0.15, -0.1) is 0 Å². The van der Waals surface area contributed by atoms with Crippen molar-refractivity contribution < 1.29 is 14.7 Å². The van der Waals surface area contributed by atoms with Gasteiger partial charge in [-0.3, -0.25) is 9.69 Å². The maximum absolute atomic E-state index is 13.3. The summed E-state index contributed by atoms with van der Waals surface area (Å²) in [5.41, 5.74) is 5.04. The molecular weight excluding hydrogens is 464 g/mol. The Morgan fingerprint density at radius 1 is 1.06 bits per heavy atom. The first kappa shape index (κ1) is 22.1. The van der Waals surface area contributed by atoms with Gasteiger partial charge < -0.3 is 9.67 Å². The van der Waals surface area contributed by atoms with E-state index in [4.69, 9.17) is 12.2 Å². The number of para-hydroxylation sites is 1. The molecule has 3 aromatic carbocycles. The van der Waals surface area contributed by atoms with Crippen molar-refractivity contribution in [1.29, 1.82) is 0 Å². The lowest BCUT2D eigenvalue weighted by atomic mass is 10.1. The molecule has 5 rings (SSSR count). The van der Waals surface area contributed by atoms with Crippen molar-refractivity contribution in [3.8, 4) is 0 Å². The van der Waals surface area contributed by atoms with Gasteiger partial charge in [-0.05, 0) is 48.4 Å². The minimum absolute atomic E-state index is 0.106. The molecule has 168 valence electrons. The fraction of sp³-hybridized carbons (Fsp3) is 0.0741. The van der Waals surface area contributed by atoms with Crippen molar-refractivity contribution in [2.75, 3.05) is 4.90 Å². The number of thioether (sulfide) groups is 1. The molecule has 1 aliphatic rings. The van der Waals surface area contributed by atoms with Crippen LogP contribution in [-0.4, -0.2) is 25.9 Å². The number of carbonyl (C=O) groups is 2. The number of carbonyl (C=O) groups excluding carboxylic acids is 1. The van der Waals surface area contributed by atoms with Gasteiger partial charge in [0.1, 0.15) is 0 Å². The summed E-state index contributed by atoms with van der Waals surface area (Å²) in [7, 11) is 0. The number of amides is 1. The van der Waals surface area contributed by atoms with Gasteiger partial charge in [-0.1, -0.05) is 72.5 Å². The fourth-order valence-electron chi connectivity index (χ4n) is 4.10. The van der Waals surface area contributed by atoms with Crippen LogP contribution in [0.25, 0.3) is 17.0 Å². The lowest BCUT2D eigenvalue weighted by molar-refractivity contribution is -0.113. The summed E-state index contributed by atoms with van der Waals surface area (Å²) < 4.78 is 2.57. The minimum Gasteiger partial charge on any atom is -0.478 e. The van der Waals surface area contributed by atoms with Gasteiger partial charge >= 0.3 is 5.97 Å². The molecule has 4 aromatic rings. The fourth-order valence-corrected chi connectivity index (χ4v) is 5.39. The Morgan fingerprint density at radius 3 is 2.62 bits per heavy atom. The number of nitrogens with zero attached hydrogens (tertiary/aromatic N) is 2. The van der Waals surface area contributed by atoms with Crippen LogP contribution in [0.3, 0.4) is 0 Å². The lowest BCUT2D eigenvalue weighted by Crippen LogP contribution is -2.27. The van der Waals surface area contributed by atoms with Crippen LogP contribution in [0.15, 0.2) is 83.9 Å². The Labute approximate surface area is 206 Å². The van der Waals surface area contributed by atoms with E-state index in [-0.39, 0.29) is 11.5 Å². The molecule has 1 N–H and O–H groups in total. The Bertz CT molecular complexity index is 1500. The number of thiocarbonyl (C=S) groups is 1. The number of carboxylic acids is 1. The SMILES string of the molecule is Cc1ccccc1Cn1cc(C=C2SC(=S)N(c3cccc(C(=O)O)c3)C2=O)c2ccccc21. The number of anilines is 1. The van der Waals surface area contributed by atoms with E-state index >= 15 is 0 Å². The second-order valence-corrected chi connectivity index (χ2v) is 9.70. The normalized spacial score (nSPS) is 15.0. The molecule has 1 fully saturated rings. The summed E-state index contributed by atoms with van der Waals surface area (Å²) in [6.07, 6.45) is 3.94. The number of hydrogen-bond acceptors (Lipinski definition) is 4. The van der Waals surface area contributed by atoms with Crippen LogP contribution < -0.4 is 4.90 Å². The van der Waals surface area contributed by atoms with Crippen LogP contribution in [0.4, 0.5) is 5.69 Å². The summed E-state index contributed by atoms with van der Waals surface area (Å²) in [6, 6.07) is 22.7. The molecule has 0 bridgehead atoms. The van der Waals surface area contributed by atoms with Gasteiger partial charge in [0.05, 0.1) is 16.2 Å². The van der Waals surface area contributed by atoms with E-state index in [0.717, 1.165) is 23.0 Å². The Hall–Kier alpha value is -3.68. The van der Waals surface area contributed by atoms with Gasteiger partial charge in [-0.2, -0.15) is 0 Å². The molecule has 7 heteroatoms. The van der Waals surface area contributed by atoms with E-state index in [1.807, 2.05) is 36.4 Å². The molecule has 0 atom stereocenters. The first-order valence-electron chi connectivity index (χ1n) is 10.7. The van der Waals surface area contributed by atoms with Crippen LogP contribution in [0.2, 0.25) is 0 Å². The summed E-state index contributed by atoms with van der Waals surface area (Å²) in [4.78, 5) is 26.5. The average molecular weight is 485 g/mol. The minimum atomic E-state index is -1.05. The van der Waals surface area contributed by atoms with Crippen molar-refractivity contribution in [2.45, 2.75) is 13.5 Å². The maximum atomic E-state index is 13.3. The highest BCUT2D eigenvalue weighted by Gasteiger charge is 2.33. The van der Waals surface area contributed by atoms with E-state index in [9.17, 15) is 14.7 Å². The number of aromatic nitrogens is 1. The molecular formula is C27H20N2O3S2. The molecule has 0 aliphatic carbocycles. The molecule has 1 aromatic heterocycles. The number of carboxylic acid groups (broad SMARTS) is 1. The Balaban J connectivity index is 1.52. The first-order chi connectivity index (χ1) is 16.4. The van der Waals surface area contributed by atoms with Gasteiger partial charge in [0.15, 0.2) is 4.32 Å². The van der Waals surface area contributed by atoms with Crippen molar-refractivity contribution in [3.63, 3.8) is 0 Å². The molecule has 1 saturated heterocycles. The number of hydrogen-bond donors (Lipinski definition) is 1. The highest BCUT2D eigenvalue weighted by atomic mass is 32.2. The van der Waals surface area contributed by atoms with Gasteiger partial charge in [0, 0.05) is 29.2 Å². The third kappa shape index (κ3) is 4.04. The van der Waals surface area contributed by atoms with Gasteiger partial charge in [0.25, 0.3) is 5.91 Å². The van der Waals surface area contributed by atoms with E-state index in [0.29, 0.717) is 14.9 Å². The maximum Gasteiger partial charge on any atom is 0.335 e. The van der Waals surface area contributed by atoms with Crippen molar-refractivity contribution in [1.82, 2.24) is 4.57 Å². The average Bonchev–Trinajstić information content (AvgIpc) is 3.31. The number of aromatic carboxylic acids is 1. The molecule has 0 saturated carbocycles. The Kier molecular flexibility index (Phi) is 5.81. The van der Waals surface area contributed by atoms with E-state index < -0.39 is 5.97 Å². The number of rotatable bonds is 5. The quantitative estimate of drug-likeness (QED) is 0.274. The first-order valence-corrected chi connectivity index (χ1v) is 11.9. The van der Waals surface area contributed by atoms with E-state index in [2.05, 4.69) is 35.9 Å². The highest BCUT2D eigenvalue weighted by molar-refractivity contribution is 8.27. The zero-order chi connectivity index (χ0) is 23.8. The summed E-state index contributed by atoms with van der Waals surface area (Å²) in [6.45, 7) is 2.83. The van der Waals surface area contributed by atoms with Crippen molar-refractivity contribution in [3.05, 3.63) is 106 Å². The zero-order valence-corrected chi connectivity index (χ0v) is 19.9. The summed E-state index contributed by atoms with van der Waals surface area (Å²) in [5, 5.41) is 10.4. The molecule has 34 heavy (non-hydrogen) atoms. The van der Waals surface area contributed by atoms with Crippen LogP contribution in [0.1, 0.15) is 27.0 Å². The third-order valence-corrected chi connectivity index (χ3v) is 7.16. The third-order valence-electron chi connectivity index (χ3n) is 5.85. The molecule has 2 heterocycles. The molecule has 1 aliphatic heterocycles. The highest BCUT2D eigenvalue weighted by Crippen LogP contribution is 2.37. The molecule has 0 spiro atoms. The zero-order valence-electron chi connectivity index (χ0n) is 18.3. The second kappa shape index (κ2) is 8.93. The summed E-state index contributed by atoms with van der Waals surface area (Å²) >= 11 is 6.70. The van der Waals surface area contributed by atoms with Crippen LogP contribution in [0, 0.1) is 6.92 Å². The van der Waals surface area contributed by atoms with E-state index in [1.54, 1.807) is 12.1 Å².